The van der Waals surface area contributed by atoms with Gasteiger partial charge < -0.3 is 5.73 Å². The summed E-state index contributed by atoms with van der Waals surface area (Å²) in [4.78, 5) is 11.7. The van der Waals surface area contributed by atoms with E-state index in [0.717, 1.165) is 6.07 Å². The SMILES string of the molecule is CC.CC1(c2cc(-c3cncnc3)ccc2F)N=C(N)CC1C(F)(F)F. The van der Waals surface area contributed by atoms with Crippen molar-refractivity contribution in [1.29, 1.82) is 0 Å². The van der Waals surface area contributed by atoms with Gasteiger partial charge >= 0.3 is 6.18 Å². The van der Waals surface area contributed by atoms with E-state index in [2.05, 4.69) is 15.0 Å². The molecule has 2 atom stereocenters. The molecule has 2 aromatic rings. The van der Waals surface area contributed by atoms with Gasteiger partial charge in [0, 0.05) is 29.9 Å². The van der Waals surface area contributed by atoms with Crippen molar-refractivity contribution in [3.8, 4) is 11.1 Å². The number of nitrogens with zero attached hydrogens (tertiary/aromatic N) is 3. The van der Waals surface area contributed by atoms with Gasteiger partial charge in [-0.3, -0.25) is 4.99 Å². The predicted molar refractivity (Wildman–Crippen MR) is 91.9 cm³/mol. The maximum atomic E-state index is 14.4. The lowest BCUT2D eigenvalue weighted by Crippen LogP contribution is -2.38. The molecule has 0 amide bonds. The van der Waals surface area contributed by atoms with Gasteiger partial charge in [0.2, 0.25) is 0 Å². The van der Waals surface area contributed by atoms with Gasteiger partial charge in [0.15, 0.2) is 0 Å². The molecule has 2 N–H and O–H groups in total. The van der Waals surface area contributed by atoms with E-state index in [0.29, 0.717) is 11.1 Å². The van der Waals surface area contributed by atoms with Crippen LogP contribution in [0, 0.1) is 11.7 Å². The number of halogens is 4. The van der Waals surface area contributed by atoms with Gasteiger partial charge in [0.05, 0.1) is 17.3 Å². The van der Waals surface area contributed by atoms with Crippen molar-refractivity contribution < 1.29 is 17.6 Å². The monoisotopic (exact) mass is 368 g/mol. The fourth-order valence-electron chi connectivity index (χ4n) is 3.05. The zero-order valence-corrected chi connectivity index (χ0v) is 14.7. The molecule has 4 nitrogen and oxygen atoms in total. The largest absolute Gasteiger partial charge is 0.394 e. The molecule has 1 aromatic heterocycles. The van der Waals surface area contributed by atoms with Crippen molar-refractivity contribution in [2.45, 2.75) is 38.9 Å². The second kappa shape index (κ2) is 7.39. The molecule has 26 heavy (non-hydrogen) atoms. The van der Waals surface area contributed by atoms with Crippen LogP contribution in [0.4, 0.5) is 17.6 Å². The number of hydrogen-bond donors (Lipinski definition) is 1. The molecule has 0 spiro atoms. The smallest absolute Gasteiger partial charge is 0.387 e. The van der Waals surface area contributed by atoms with Crippen molar-refractivity contribution in [3.63, 3.8) is 0 Å². The topological polar surface area (TPSA) is 64.2 Å². The minimum Gasteiger partial charge on any atom is -0.387 e. The summed E-state index contributed by atoms with van der Waals surface area (Å²) < 4.78 is 54.6. The molecule has 2 heterocycles. The Labute approximate surface area is 149 Å². The van der Waals surface area contributed by atoms with Crippen LogP contribution in [0.15, 0.2) is 41.9 Å². The Morgan fingerprint density at radius 3 is 2.31 bits per heavy atom. The average molecular weight is 368 g/mol. The minimum atomic E-state index is -4.54. The van der Waals surface area contributed by atoms with Gasteiger partial charge in [0.1, 0.15) is 12.1 Å². The van der Waals surface area contributed by atoms with Crippen molar-refractivity contribution in [2.75, 3.05) is 0 Å². The maximum absolute atomic E-state index is 14.4. The number of aromatic nitrogens is 2. The maximum Gasteiger partial charge on any atom is 0.394 e. The van der Waals surface area contributed by atoms with Crippen molar-refractivity contribution in [2.24, 2.45) is 16.6 Å². The standard InChI is InChI=1S/C16H14F4N4.C2H6/c1-15(13(16(18,19)20)5-14(21)24-15)11-4-9(2-3-12(11)17)10-6-22-8-23-7-10;1-2/h2-4,6-8,13H,5H2,1H3,(H2,21,24);1-2H3. The molecule has 8 heteroatoms. The van der Waals surface area contributed by atoms with Crippen LogP contribution in [0.3, 0.4) is 0 Å². The van der Waals surface area contributed by atoms with E-state index < -0.39 is 29.9 Å². The van der Waals surface area contributed by atoms with Gasteiger partial charge in [-0.2, -0.15) is 13.2 Å². The lowest BCUT2D eigenvalue weighted by Gasteiger charge is -2.31. The number of nitrogens with two attached hydrogens (primary N) is 1. The molecule has 0 fully saturated rings. The fourth-order valence-corrected chi connectivity index (χ4v) is 3.05. The quantitative estimate of drug-likeness (QED) is 0.796. The third-order valence-corrected chi connectivity index (χ3v) is 4.27. The molecule has 1 aliphatic heterocycles. The Balaban J connectivity index is 0.00000117. The van der Waals surface area contributed by atoms with Gasteiger partial charge in [-0.05, 0) is 24.6 Å². The highest BCUT2D eigenvalue weighted by molar-refractivity contribution is 5.83. The number of alkyl halides is 3. The lowest BCUT2D eigenvalue weighted by molar-refractivity contribution is -0.187. The van der Waals surface area contributed by atoms with E-state index in [-0.39, 0.29) is 11.4 Å². The highest BCUT2D eigenvalue weighted by Gasteiger charge is 2.56. The fraction of sp³-hybridized carbons (Fsp3) is 0.389. The van der Waals surface area contributed by atoms with Crippen LogP contribution in [0.5, 0.6) is 0 Å². The number of hydrogen-bond acceptors (Lipinski definition) is 4. The third-order valence-electron chi connectivity index (χ3n) is 4.27. The summed E-state index contributed by atoms with van der Waals surface area (Å²) in [7, 11) is 0. The Hall–Kier alpha value is -2.51. The molecule has 0 saturated heterocycles. The first-order chi connectivity index (χ1) is 12.2. The third kappa shape index (κ3) is 3.68. The second-order valence-corrected chi connectivity index (χ2v) is 5.87. The molecular formula is C18H20F4N4. The zero-order valence-electron chi connectivity index (χ0n) is 14.7. The number of benzene rings is 1. The van der Waals surface area contributed by atoms with Crippen LogP contribution in [0.1, 0.15) is 32.8 Å². The van der Waals surface area contributed by atoms with Crippen molar-refractivity contribution >= 4 is 5.84 Å². The van der Waals surface area contributed by atoms with E-state index >= 15 is 0 Å². The summed E-state index contributed by atoms with van der Waals surface area (Å²) in [6, 6.07) is 3.95. The Morgan fingerprint density at radius 2 is 1.73 bits per heavy atom. The van der Waals surface area contributed by atoms with Crippen molar-refractivity contribution in [1.82, 2.24) is 9.97 Å². The van der Waals surface area contributed by atoms with Gasteiger partial charge in [-0.25, -0.2) is 14.4 Å². The second-order valence-electron chi connectivity index (χ2n) is 5.87. The van der Waals surface area contributed by atoms with Crippen LogP contribution in [-0.4, -0.2) is 22.0 Å². The molecule has 140 valence electrons. The summed E-state index contributed by atoms with van der Waals surface area (Å²) in [5.74, 6) is -2.76. The first-order valence-electron chi connectivity index (χ1n) is 8.18. The Morgan fingerprint density at radius 1 is 1.12 bits per heavy atom. The molecule has 0 radical (unpaired) electrons. The molecular weight excluding hydrogens is 348 g/mol. The Bertz CT molecular complexity index is 790. The van der Waals surface area contributed by atoms with Crippen molar-refractivity contribution in [3.05, 3.63) is 48.3 Å². The van der Waals surface area contributed by atoms with E-state index in [1.54, 1.807) is 0 Å². The van der Waals surface area contributed by atoms with E-state index in [1.165, 1.54) is 37.8 Å². The first-order valence-corrected chi connectivity index (χ1v) is 8.18. The van der Waals surface area contributed by atoms with E-state index in [4.69, 9.17) is 5.73 Å². The molecule has 0 bridgehead atoms. The Kier molecular flexibility index (Phi) is 5.63. The number of rotatable bonds is 2. The minimum absolute atomic E-state index is 0.132. The highest BCUT2D eigenvalue weighted by atomic mass is 19.4. The van der Waals surface area contributed by atoms with Crippen LogP contribution in [0.2, 0.25) is 0 Å². The van der Waals surface area contributed by atoms with Gasteiger partial charge in [-0.15, -0.1) is 0 Å². The summed E-state index contributed by atoms with van der Waals surface area (Å²) in [5.41, 5.74) is 4.67. The van der Waals surface area contributed by atoms with E-state index in [9.17, 15) is 17.6 Å². The van der Waals surface area contributed by atoms with E-state index in [1.807, 2.05) is 13.8 Å². The summed E-state index contributed by atoms with van der Waals surface area (Å²) in [6.07, 6.45) is -0.660. The lowest BCUT2D eigenvalue weighted by atomic mass is 9.79. The summed E-state index contributed by atoms with van der Waals surface area (Å²) in [5, 5.41) is 0. The highest BCUT2D eigenvalue weighted by Crippen LogP contribution is 2.49. The zero-order chi connectivity index (χ0) is 19.5. The molecule has 1 aliphatic rings. The van der Waals surface area contributed by atoms with Crippen LogP contribution in [0.25, 0.3) is 11.1 Å². The molecule has 3 rings (SSSR count). The predicted octanol–water partition coefficient (Wildman–Crippen LogP) is 4.46. The molecule has 0 saturated carbocycles. The van der Waals surface area contributed by atoms with Gasteiger partial charge in [-0.1, -0.05) is 19.9 Å². The van der Waals surface area contributed by atoms with Crippen LogP contribution in [-0.2, 0) is 5.54 Å². The van der Waals surface area contributed by atoms with Crippen LogP contribution < -0.4 is 5.73 Å². The molecule has 2 unspecified atom stereocenters. The number of amidine groups is 1. The summed E-state index contributed by atoms with van der Waals surface area (Å²) >= 11 is 0. The molecule has 1 aromatic carbocycles. The normalized spacial score (nSPS) is 22.4. The summed E-state index contributed by atoms with van der Waals surface area (Å²) in [6.45, 7) is 5.26. The number of aliphatic imine (C=N–C) groups is 1. The first kappa shape index (κ1) is 19.8. The molecule has 0 aliphatic carbocycles. The van der Waals surface area contributed by atoms with Gasteiger partial charge in [0.25, 0.3) is 0 Å². The average Bonchev–Trinajstić information content (AvgIpc) is 2.93. The van der Waals surface area contributed by atoms with Crippen LogP contribution >= 0.6 is 0 Å².